The second-order valence-electron chi connectivity index (χ2n) is 3.23. The number of carbonyl (C=O) groups is 1. The van der Waals surface area contributed by atoms with Gasteiger partial charge >= 0.3 is 5.97 Å². The van der Waals surface area contributed by atoms with E-state index in [1.165, 1.54) is 6.07 Å². The fourth-order valence-electron chi connectivity index (χ4n) is 1.31. The Balaban J connectivity index is 2.90. The fraction of sp³-hybridized carbons (Fsp3) is 0.333. The third-order valence-corrected chi connectivity index (χ3v) is 2.08. The third-order valence-electron chi connectivity index (χ3n) is 2.08. The van der Waals surface area contributed by atoms with Gasteiger partial charge in [0.1, 0.15) is 11.3 Å². The number of nitrogens with zero attached hydrogens (tertiary/aromatic N) is 1. The zero-order chi connectivity index (χ0) is 12.0. The standard InChI is InChI=1S/C12H13NO3/c1-2-16-12(15)10-8-9(4-3-7-13)5-6-11(10)14/h5-6,8,14H,2-4H2,1H3. The number of rotatable bonds is 4. The van der Waals surface area contributed by atoms with Crippen LogP contribution in [0.4, 0.5) is 0 Å². The van der Waals surface area contributed by atoms with Crippen LogP contribution in [0, 0.1) is 11.3 Å². The topological polar surface area (TPSA) is 70.3 Å². The lowest BCUT2D eigenvalue weighted by Gasteiger charge is -2.06. The number of aromatic hydroxyl groups is 1. The van der Waals surface area contributed by atoms with Crippen LogP contribution in [0.1, 0.15) is 29.3 Å². The average Bonchev–Trinajstić information content (AvgIpc) is 2.28. The molecule has 16 heavy (non-hydrogen) atoms. The second-order valence-corrected chi connectivity index (χ2v) is 3.23. The number of esters is 1. The smallest absolute Gasteiger partial charge is 0.341 e. The quantitative estimate of drug-likeness (QED) is 0.786. The Labute approximate surface area is 94.1 Å². The Hall–Kier alpha value is -2.02. The Kier molecular flexibility index (Phi) is 4.34. The molecule has 1 rings (SSSR count). The molecule has 0 saturated heterocycles. The molecule has 84 valence electrons. The molecule has 4 heteroatoms. The Bertz CT molecular complexity index is 421. The predicted octanol–water partition coefficient (Wildman–Crippen LogP) is 2.03. The molecule has 0 atom stereocenters. The largest absolute Gasteiger partial charge is 0.507 e. The summed E-state index contributed by atoms with van der Waals surface area (Å²) in [6.07, 6.45) is 0.941. The van der Waals surface area contributed by atoms with Crippen molar-refractivity contribution in [3.05, 3.63) is 29.3 Å². The summed E-state index contributed by atoms with van der Waals surface area (Å²) in [5.41, 5.74) is 0.986. The molecule has 0 radical (unpaired) electrons. The Morgan fingerprint density at radius 1 is 1.56 bits per heavy atom. The summed E-state index contributed by atoms with van der Waals surface area (Å²) in [6.45, 7) is 1.97. The van der Waals surface area contributed by atoms with Crippen molar-refractivity contribution < 1.29 is 14.6 Å². The molecule has 0 spiro atoms. The van der Waals surface area contributed by atoms with Gasteiger partial charge in [-0.05, 0) is 31.0 Å². The van der Waals surface area contributed by atoms with E-state index in [9.17, 15) is 9.90 Å². The first-order valence-electron chi connectivity index (χ1n) is 5.05. The molecule has 1 N–H and O–H groups in total. The molecule has 0 aromatic heterocycles. The molecule has 0 aliphatic heterocycles. The van der Waals surface area contributed by atoms with Crippen molar-refractivity contribution in [1.29, 1.82) is 5.26 Å². The first-order valence-corrected chi connectivity index (χ1v) is 5.05. The lowest BCUT2D eigenvalue weighted by Crippen LogP contribution is -2.05. The van der Waals surface area contributed by atoms with Crippen LogP contribution in [-0.4, -0.2) is 17.7 Å². The first kappa shape index (κ1) is 12.1. The highest BCUT2D eigenvalue weighted by Gasteiger charge is 2.12. The van der Waals surface area contributed by atoms with Crippen LogP contribution in [0.15, 0.2) is 18.2 Å². The molecule has 0 amide bonds. The number of aryl methyl sites for hydroxylation is 1. The van der Waals surface area contributed by atoms with Crippen molar-refractivity contribution >= 4 is 5.97 Å². The number of phenols is 1. The van der Waals surface area contributed by atoms with Crippen molar-refractivity contribution in [2.75, 3.05) is 6.61 Å². The molecular weight excluding hydrogens is 206 g/mol. The van der Waals surface area contributed by atoms with Gasteiger partial charge in [0.15, 0.2) is 0 Å². The molecule has 1 aromatic carbocycles. The number of benzene rings is 1. The van der Waals surface area contributed by atoms with E-state index in [1.807, 2.05) is 6.07 Å². The highest BCUT2D eigenvalue weighted by molar-refractivity contribution is 5.92. The molecule has 0 bridgehead atoms. The van der Waals surface area contributed by atoms with Gasteiger partial charge in [0.05, 0.1) is 12.7 Å². The van der Waals surface area contributed by atoms with E-state index >= 15 is 0 Å². The van der Waals surface area contributed by atoms with E-state index in [0.717, 1.165) is 5.56 Å². The molecule has 1 aromatic rings. The number of ether oxygens (including phenoxy) is 1. The summed E-state index contributed by atoms with van der Waals surface area (Å²) in [7, 11) is 0. The fourth-order valence-corrected chi connectivity index (χ4v) is 1.31. The number of phenolic OH excluding ortho intramolecular Hbond substituents is 1. The van der Waals surface area contributed by atoms with E-state index in [1.54, 1.807) is 19.1 Å². The highest BCUT2D eigenvalue weighted by Crippen LogP contribution is 2.20. The zero-order valence-electron chi connectivity index (χ0n) is 9.06. The molecule has 4 nitrogen and oxygen atoms in total. The van der Waals surface area contributed by atoms with Gasteiger partial charge in [-0.1, -0.05) is 6.07 Å². The number of hydrogen-bond donors (Lipinski definition) is 1. The van der Waals surface area contributed by atoms with Crippen LogP contribution in [0.3, 0.4) is 0 Å². The second kappa shape index (κ2) is 5.76. The Morgan fingerprint density at radius 3 is 2.94 bits per heavy atom. The number of hydrogen-bond acceptors (Lipinski definition) is 4. The van der Waals surface area contributed by atoms with Crippen LogP contribution in [0.25, 0.3) is 0 Å². The van der Waals surface area contributed by atoms with Gasteiger partial charge in [-0.3, -0.25) is 0 Å². The van der Waals surface area contributed by atoms with Crippen LogP contribution >= 0.6 is 0 Å². The van der Waals surface area contributed by atoms with Gasteiger partial charge in [-0.15, -0.1) is 0 Å². The van der Waals surface area contributed by atoms with Crippen LogP contribution in [-0.2, 0) is 11.2 Å². The summed E-state index contributed by atoms with van der Waals surface area (Å²) in [5.74, 6) is -0.641. The average molecular weight is 219 g/mol. The highest BCUT2D eigenvalue weighted by atomic mass is 16.5. The summed E-state index contributed by atoms with van der Waals surface area (Å²) < 4.78 is 4.80. The van der Waals surface area contributed by atoms with Gasteiger partial charge in [-0.2, -0.15) is 5.26 Å². The van der Waals surface area contributed by atoms with Crippen molar-refractivity contribution in [3.8, 4) is 11.8 Å². The van der Waals surface area contributed by atoms with Gasteiger partial charge < -0.3 is 9.84 Å². The predicted molar refractivity (Wildman–Crippen MR) is 58.0 cm³/mol. The van der Waals surface area contributed by atoms with Gasteiger partial charge in [0.25, 0.3) is 0 Å². The number of carbonyl (C=O) groups excluding carboxylic acids is 1. The van der Waals surface area contributed by atoms with Crippen LogP contribution < -0.4 is 0 Å². The lowest BCUT2D eigenvalue weighted by molar-refractivity contribution is 0.0523. The van der Waals surface area contributed by atoms with E-state index in [-0.39, 0.29) is 17.9 Å². The van der Waals surface area contributed by atoms with Gasteiger partial charge in [0, 0.05) is 6.42 Å². The van der Waals surface area contributed by atoms with Crippen LogP contribution in [0.2, 0.25) is 0 Å². The van der Waals surface area contributed by atoms with Crippen molar-refractivity contribution in [1.82, 2.24) is 0 Å². The minimum Gasteiger partial charge on any atom is -0.507 e. The summed E-state index contributed by atoms with van der Waals surface area (Å²) in [5, 5.41) is 17.9. The summed E-state index contributed by atoms with van der Waals surface area (Å²) in [4.78, 5) is 11.4. The van der Waals surface area contributed by atoms with Crippen molar-refractivity contribution in [2.24, 2.45) is 0 Å². The summed E-state index contributed by atoms with van der Waals surface area (Å²) >= 11 is 0. The normalized spacial score (nSPS) is 9.50. The monoisotopic (exact) mass is 219 g/mol. The van der Waals surface area contributed by atoms with E-state index in [0.29, 0.717) is 12.8 Å². The molecular formula is C12H13NO3. The van der Waals surface area contributed by atoms with Crippen molar-refractivity contribution in [2.45, 2.75) is 19.8 Å². The van der Waals surface area contributed by atoms with E-state index in [4.69, 9.17) is 10.00 Å². The molecule has 0 heterocycles. The molecule has 0 aliphatic carbocycles. The molecule has 0 aliphatic rings. The van der Waals surface area contributed by atoms with Crippen LogP contribution in [0.5, 0.6) is 5.75 Å². The molecule has 0 saturated carbocycles. The van der Waals surface area contributed by atoms with Gasteiger partial charge in [-0.25, -0.2) is 4.79 Å². The molecule has 0 unspecified atom stereocenters. The minimum absolute atomic E-state index is 0.0980. The number of nitriles is 1. The molecule has 0 fully saturated rings. The SMILES string of the molecule is CCOC(=O)c1cc(CCC#N)ccc1O. The zero-order valence-corrected chi connectivity index (χ0v) is 9.06. The third kappa shape index (κ3) is 2.99. The first-order chi connectivity index (χ1) is 7.69. The van der Waals surface area contributed by atoms with Crippen molar-refractivity contribution in [3.63, 3.8) is 0 Å². The van der Waals surface area contributed by atoms with E-state index < -0.39 is 5.97 Å². The van der Waals surface area contributed by atoms with Gasteiger partial charge in [0.2, 0.25) is 0 Å². The van der Waals surface area contributed by atoms with E-state index in [2.05, 4.69) is 0 Å². The minimum atomic E-state index is -0.543. The summed E-state index contributed by atoms with van der Waals surface area (Å²) in [6, 6.07) is 6.72. The maximum absolute atomic E-state index is 11.4. The maximum Gasteiger partial charge on any atom is 0.341 e. The lowest BCUT2D eigenvalue weighted by atomic mass is 10.1. The maximum atomic E-state index is 11.4. The Morgan fingerprint density at radius 2 is 2.31 bits per heavy atom.